The lowest BCUT2D eigenvalue weighted by atomic mass is 10.4. The molecule has 0 aromatic carbocycles. The van der Waals surface area contributed by atoms with Crippen molar-refractivity contribution >= 4 is 28.9 Å². The fourth-order valence-corrected chi connectivity index (χ4v) is 2.71. The second kappa shape index (κ2) is 6.38. The van der Waals surface area contributed by atoms with E-state index in [4.69, 9.17) is 26.2 Å². The Morgan fingerprint density at radius 2 is 2.28 bits per heavy atom. The minimum Gasteiger partial charge on any atom is -0.490 e. The summed E-state index contributed by atoms with van der Waals surface area (Å²) in [7, 11) is 0. The molecular weight excluding hydrogens is 278 g/mol. The lowest BCUT2D eigenvalue weighted by Crippen LogP contribution is -2.38. The number of rotatable bonds is 5. The highest BCUT2D eigenvalue weighted by Gasteiger charge is 2.16. The monoisotopic (exact) mass is 291 g/mol. The standard InChI is InChI=1S/C11H14ClNO4S/c12-9-7-8(10(18-9)11(14)15)17-6-3-13-1-4-16-5-2-13/h7H,1-6H2,(H,14,15). The molecular formula is C11H14ClNO4S. The molecule has 2 rings (SSSR count). The van der Waals surface area contributed by atoms with Gasteiger partial charge >= 0.3 is 5.97 Å². The van der Waals surface area contributed by atoms with Crippen LogP contribution in [-0.2, 0) is 4.74 Å². The second-order valence-corrected chi connectivity index (χ2v) is 5.54. The summed E-state index contributed by atoms with van der Waals surface area (Å²) in [5.74, 6) is -0.654. The lowest BCUT2D eigenvalue weighted by molar-refractivity contribution is 0.0322. The first-order valence-corrected chi connectivity index (χ1v) is 6.82. The Morgan fingerprint density at radius 3 is 2.94 bits per heavy atom. The summed E-state index contributed by atoms with van der Waals surface area (Å²) in [4.78, 5) is 13.3. The van der Waals surface area contributed by atoms with Crippen LogP contribution in [0.15, 0.2) is 6.07 Å². The highest BCUT2D eigenvalue weighted by Crippen LogP contribution is 2.32. The van der Waals surface area contributed by atoms with E-state index in [0.717, 1.165) is 44.2 Å². The van der Waals surface area contributed by atoms with Gasteiger partial charge in [-0.05, 0) is 0 Å². The average Bonchev–Trinajstić information content (AvgIpc) is 2.72. The van der Waals surface area contributed by atoms with Crippen molar-refractivity contribution < 1.29 is 19.4 Å². The second-order valence-electron chi connectivity index (χ2n) is 3.85. The molecule has 5 nitrogen and oxygen atoms in total. The van der Waals surface area contributed by atoms with Gasteiger partial charge in [0, 0.05) is 25.7 Å². The van der Waals surface area contributed by atoms with Gasteiger partial charge in [-0.3, -0.25) is 4.90 Å². The molecule has 2 heterocycles. The van der Waals surface area contributed by atoms with Gasteiger partial charge in [0.15, 0.2) is 4.88 Å². The molecule has 1 aliphatic heterocycles. The molecule has 0 radical (unpaired) electrons. The fourth-order valence-electron chi connectivity index (χ4n) is 1.71. The van der Waals surface area contributed by atoms with Crippen molar-refractivity contribution in [3.05, 3.63) is 15.3 Å². The summed E-state index contributed by atoms with van der Waals surface area (Å²) in [6.07, 6.45) is 0. The van der Waals surface area contributed by atoms with Gasteiger partial charge in [-0.25, -0.2) is 4.79 Å². The quantitative estimate of drug-likeness (QED) is 0.896. The van der Waals surface area contributed by atoms with Crippen LogP contribution in [0.2, 0.25) is 4.34 Å². The van der Waals surface area contributed by atoms with Gasteiger partial charge in [-0.2, -0.15) is 0 Å². The molecule has 100 valence electrons. The molecule has 1 saturated heterocycles. The van der Waals surface area contributed by atoms with Crippen LogP contribution >= 0.6 is 22.9 Å². The molecule has 1 aromatic rings. The van der Waals surface area contributed by atoms with E-state index < -0.39 is 5.97 Å². The molecule has 0 atom stereocenters. The van der Waals surface area contributed by atoms with Crippen molar-refractivity contribution in [1.29, 1.82) is 0 Å². The van der Waals surface area contributed by atoms with E-state index in [-0.39, 0.29) is 4.88 Å². The van der Waals surface area contributed by atoms with E-state index in [1.54, 1.807) is 6.07 Å². The Balaban J connectivity index is 1.84. The Bertz CT molecular complexity index is 417. The third kappa shape index (κ3) is 3.58. The van der Waals surface area contributed by atoms with E-state index >= 15 is 0 Å². The largest absolute Gasteiger partial charge is 0.490 e. The van der Waals surface area contributed by atoms with E-state index in [9.17, 15) is 4.79 Å². The number of aromatic carboxylic acids is 1. The number of thiophene rings is 1. The maximum absolute atomic E-state index is 10.9. The van der Waals surface area contributed by atoms with Crippen LogP contribution in [0.1, 0.15) is 9.67 Å². The predicted octanol–water partition coefficient (Wildman–Crippen LogP) is 1.81. The van der Waals surface area contributed by atoms with Gasteiger partial charge in [0.05, 0.1) is 17.6 Å². The molecule has 1 fully saturated rings. The maximum Gasteiger partial charge on any atom is 0.349 e. The molecule has 0 spiro atoms. The summed E-state index contributed by atoms with van der Waals surface area (Å²) < 4.78 is 11.2. The van der Waals surface area contributed by atoms with E-state index in [1.807, 2.05) is 0 Å². The molecule has 0 unspecified atom stereocenters. The van der Waals surface area contributed by atoms with Gasteiger partial charge in [0.1, 0.15) is 12.4 Å². The number of morpholine rings is 1. The van der Waals surface area contributed by atoms with Crippen molar-refractivity contribution in [3.8, 4) is 5.75 Å². The molecule has 1 N–H and O–H groups in total. The molecule has 0 bridgehead atoms. The number of carboxylic acids is 1. The number of carbonyl (C=O) groups is 1. The minimum absolute atomic E-state index is 0.155. The summed E-state index contributed by atoms with van der Waals surface area (Å²) >= 11 is 6.80. The Labute approximate surface area is 114 Å². The normalized spacial score (nSPS) is 16.7. The van der Waals surface area contributed by atoms with Gasteiger partial charge in [-0.15, -0.1) is 11.3 Å². The van der Waals surface area contributed by atoms with Crippen LogP contribution in [0, 0.1) is 0 Å². The first-order chi connectivity index (χ1) is 8.66. The molecule has 7 heteroatoms. The van der Waals surface area contributed by atoms with E-state index in [0.29, 0.717) is 16.7 Å². The fraction of sp³-hybridized carbons (Fsp3) is 0.545. The van der Waals surface area contributed by atoms with Crippen LogP contribution in [0.25, 0.3) is 0 Å². The topological polar surface area (TPSA) is 59.0 Å². The van der Waals surface area contributed by atoms with Crippen LogP contribution in [0.5, 0.6) is 5.75 Å². The van der Waals surface area contributed by atoms with Crippen LogP contribution in [-0.4, -0.2) is 55.4 Å². The van der Waals surface area contributed by atoms with Crippen molar-refractivity contribution in [2.24, 2.45) is 0 Å². The van der Waals surface area contributed by atoms with Gasteiger partial charge in [-0.1, -0.05) is 11.6 Å². The average molecular weight is 292 g/mol. The van der Waals surface area contributed by atoms with Gasteiger partial charge < -0.3 is 14.6 Å². The minimum atomic E-state index is -1.01. The smallest absolute Gasteiger partial charge is 0.349 e. The highest BCUT2D eigenvalue weighted by molar-refractivity contribution is 7.18. The summed E-state index contributed by atoms with van der Waals surface area (Å²) in [6.45, 7) is 4.47. The number of nitrogens with zero attached hydrogens (tertiary/aromatic N) is 1. The number of ether oxygens (including phenoxy) is 2. The van der Waals surface area contributed by atoms with Crippen molar-refractivity contribution in [3.63, 3.8) is 0 Å². The zero-order chi connectivity index (χ0) is 13.0. The highest BCUT2D eigenvalue weighted by atomic mass is 35.5. The van der Waals surface area contributed by atoms with E-state index in [2.05, 4.69) is 4.90 Å². The van der Waals surface area contributed by atoms with Crippen molar-refractivity contribution in [2.75, 3.05) is 39.5 Å². The Morgan fingerprint density at radius 1 is 1.56 bits per heavy atom. The van der Waals surface area contributed by atoms with E-state index in [1.165, 1.54) is 0 Å². The molecule has 18 heavy (non-hydrogen) atoms. The van der Waals surface area contributed by atoms with Crippen LogP contribution in [0.3, 0.4) is 0 Å². The third-order valence-electron chi connectivity index (χ3n) is 2.63. The molecule has 0 saturated carbocycles. The molecule has 1 aliphatic rings. The summed E-state index contributed by atoms with van der Waals surface area (Å²) in [6, 6.07) is 1.55. The van der Waals surface area contributed by atoms with Gasteiger partial charge in [0.2, 0.25) is 0 Å². The Kier molecular flexibility index (Phi) is 4.82. The number of hydrogen-bond donors (Lipinski definition) is 1. The summed E-state index contributed by atoms with van der Waals surface area (Å²) in [5.41, 5.74) is 0. The van der Waals surface area contributed by atoms with Crippen LogP contribution in [0.4, 0.5) is 0 Å². The third-order valence-corrected chi connectivity index (χ3v) is 3.86. The summed E-state index contributed by atoms with van der Waals surface area (Å²) in [5, 5.41) is 8.97. The first-order valence-electron chi connectivity index (χ1n) is 5.62. The first kappa shape index (κ1) is 13.6. The number of halogens is 1. The molecule has 1 aromatic heterocycles. The SMILES string of the molecule is O=C(O)c1sc(Cl)cc1OCCN1CCOCC1. The van der Waals surface area contributed by atoms with Crippen LogP contribution < -0.4 is 4.74 Å². The zero-order valence-corrected chi connectivity index (χ0v) is 11.3. The van der Waals surface area contributed by atoms with Crippen molar-refractivity contribution in [1.82, 2.24) is 4.90 Å². The lowest BCUT2D eigenvalue weighted by Gasteiger charge is -2.26. The molecule has 0 aliphatic carbocycles. The number of hydrogen-bond acceptors (Lipinski definition) is 5. The number of carboxylic acid groups (broad SMARTS) is 1. The predicted molar refractivity (Wildman–Crippen MR) is 69.0 cm³/mol. The molecule has 0 amide bonds. The maximum atomic E-state index is 10.9. The Hall–Kier alpha value is -0.820. The van der Waals surface area contributed by atoms with Crippen molar-refractivity contribution in [2.45, 2.75) is 0 Å². The zero-order valence-electron chi connectivity index (χ0n) is 9.73. The van der Waals surface area contributed by atoms with Gasteiger partial charge in [0.25, 0.3) is 0 Å².